The monoisotopic (exact) mass is 465 g/mol. The number of hydrogen-bond acceptors (Lipinski definition) is 5. The van der Waals surface area contributed by atoms with Crippen molar-refractivity contribution in [2.45, 2.75) is 11.4 Å². The fourth-order valence-electron chi connectivity index (χ4n) is 3.44. The molecule has 0 saturated carbocycles. The molecule has 0 aliphatic rings. The summed E-state index contributed by atoms with van der Waals surface area (Å²) in [4.78, 5) is 15.9. The zero-order chi connectivity index (χ0) is 23.4. The molecule has 0 spiro atoms. The van der Waals surface area contributed by atoms with Gasteiger partial charge < -0.3 is 19.8 Å². The van der Waals surface area contributed by atoms with Gasteiger partial charge in [-0.05, 0) is 42.5 Å². The number of fused-ring (bicyclic) bond motifs is 1. The van der Waals surface area contributed by atoms with Crippen LogP contribution in [-0.2, 0) is 16.6 Å². The van der Waals surface area contributed by atoms with Gasteiger partial charge in [-0.1, -0.05) is 30.3 Å². The average Bonchev–Trinajstić information content (AvgIpc) is 3.28. The fraction of sp³-hybridized carbons (Fsp3) is 0.125. The van der Waals surface area contributed by atoms with Crippen LogP contribution in [-0.4, -0.2) is 33.5 Å². The third kappa shape index (κ3) is 4.78. The lowest BCUT2D eigenvalue weighted by Crippen LogP contribution is -2.23. The highest BCUT2D eigenvalue weighted by atomic mass is 32.2. The van der Waals surface area contributed by atoms with Crippen molar-refractivity contribution in [1.29, 1.82) is 0 Å². The number of anilines is 1. The van der Waals surface area contributed by atoms with Crippen molar-refractivity contribution in [3.05, 3.63) is 84.1 Å². The number of sulfonamides is 1. The number of aromatic amines is 1. The number of hydrogen-bond donors (Lipinski definition) is 3. The van der Waals surface area contributed by atoms with Crippen LogP contribution in [0.15, 0.2) is 77.7 Å². The highest BCUT2D eigenvalue weighted by Gasteiger charge is 2.18. The Morgan fingerprint density at radius 2 is 1.70 bits per heavy atom. The predicted molar refractivity (Wildman–Crippen MR) is 126 cm³/mol. The van der Waals surface area contributed by atoms with Crippen molar-refractivity contribution in [2.24, 2.45) is 0 Å². The second-order valence-electron chi connectivity index (χ2n) is 7.23. The normalized spacial score (nSPS) is 11.2. The standard InChI is InChI=1S/C24H23N3O5S/c1-31-18-10-12-19(13-11-18)33(29,30)27-20-8-5-7-16-14-21(26-23(16)20)24(28)25-15-17-6-3-4-9-22(17)32-2/h3-14,26-27H,15H2,1-2H3,(H,25,28). The summed E-state index contributed by atoms with van der Waals surface area (Å²) < 4.78 is 38.7. The molecule has 33 heavy (non-hydrogen) atoms. The minimum Gasteiger partial charge on any atom is -0.497 e. The first-order valence-corrected chi connectivity index (χ1v) is 11.6. The lowest BCUT2D eigenvalue weighted by atomic mass is 10.2. The Bertz CT molecular complexity index is 1400. The molecule has 8 nitrogen and oxygen atoms in total. The summed E-state index contributed by atoms with van der Waals surface area (Å²) >= 11 is 0. The maximum atomic E-state index is 12.8. The zero-order valence-corrected chi connectivity index (χ0v) is 18.9. The van der Waals surface area contributed by atoms with Crippen molar-refractivity contribution in [2.75, 3.05) is 18.9 Å². The summed E-state index contributed by atoms with van der Waals surface area (Å²) in [7, 11) is -0.747. The summed E-state index contributed by atoms with van der Waals surface area (Å²) in [6.45, 7) is 0.287. The molecule has 0 aliphatic carbocycles. The molecular weight excluding hydrogens is 442 g/mol. The number of para-hydroxylation sites is 2. The number of H-pyrrole nitrogens is 1. The van der Waals surface area contributed by atoms with Gasteiger partial charge in [0, 0.05) is 17.5 Å². The molecule has 0 saturated heterocycles. The van der Waals surface area contributed by atoms with E-state index in [1.807, 2.05) is 24.3 Å². The first-order chi connectivity index (χ1) is 15.9. The van der Waals surface area contributed by atoms with Crippen LogP contribution in [0.25, 0.3) is 10.9 Å². The van der Waals surface area contributed by atoms with E-state index in [9.17, 15) is 13.2 Å². The molecule has 1 heterocycles. The van der Waals surface area contributed by atoms with Gasteiger partial charge in [-0.15, -0.1) is 0 Å². The van der Waals surface area contributed by atoms with Crippen molar-refractivity contribution in [3.63, 3.8) is 0 Å². The van der Waals surface area contributed by atoms with E-state index < -0.39 is 10.0 Å². The van der Waals surface area contributed by atoms with Gasteiger partial charge in [-0.3, -0.25) is 9.52 Å². The van der Waals surface area contributed by atoms with Crippen LogP contribution in [0.3, 0.4) is 0 Å². The zero-order valence-electron chi connectivity index (χ0n) is 18.1. The maximum Gasteiger partial charge on any atom is 0.268 e. The Labute approximate surface area is 191 Å². The lowest BCUT2D eigenvalue weighted by Gasteiger charge is -2.10. The van der Waals surface area contributed by atoms with Crippen LogP contribution in [0, 0.1) is 0 Å². The van der Waals surface area contributed by atoms with Crippen molar-refractivity contribution >= 4 is 32.5 Å². The van der Waals surface area contributed by atoms with E-state index in [4.69, 9.17) is 9.47 Å². The van der Waals surface area contributed by atoms with Crippen LogP contribution in [0.5, 0.6) is 11.5 Å². The molecule has 0 bridgehead atoms. The molecule has 9 heteroatoms. The summed E-state index contributed by atoms with van der Waals surface area (Å²) in [6.07, 6.45) is 0. The van der Waals surface area contributed by atoms with Crippen LogP contribution < -0.4 is 19.5 Å². The topological polar surface area (TPSA) is 110 Å². The number of benzene rings is 3. The lowest BCUT2D eigenvalue weighted by molar-refractivity contribution is 0.0946. The number of nitrogens with one attached hydrogen (secondary N) is 3. The van der Waals surface area contributed by atoms with E-state index in [1.54, 1.807) is 43.5 Å². The third-order valence-corrected chi connectivity index (χ3v) is 6.53. The largest absolute Gasteiger partial charge is 0.497 e. The quantitative estimate of drug-likeness (QED) is 0.365. The first-order valence-electron chi connectivity index (χ1n) is 10.1. The summed E-state index contributed by atoms with van der Waals surface area (Å²) in [5, 5.41) is 3.56. The molecule has 0 radical (unpaired) electrons. The molecule has 170 valence electrons. The number of rotatable bonds is 8. The van der Waals surface area contributed by atoms with E-state index in [2.05, 4.69) is 15.0 Å². The van der Waals surface area contributed by atoms with E-state index in [-0.39, 0.29) is 17.3 Å². The Balaban J connectivity index is 1.55. The maximum absolute atomic E-state index is 12.8. The molecule has 1 amide bonds. The van der Waals surface area contributed by atoms with Crippen molar-refractivity contribution in [3.8, 4) is 11.5 Å². The number of carbonyl (C=O) groups excluding carboxylic acids is 1. The number of carbonyl (C=O) groups is 1. The van der Waals surface area contributed by atoms with Gasteiger partial charge in [0.25, 0.3) is 15.9 Å². The molecule has 0 fully saturated rings. The molecular formula is C24H23N3O5S. The molecule has 0 aliphatic heterocycles. The van der Waals surface area contributed by atoms with Gasteiger partial charge in [0.15, 0.2) is 0 Å². The van der Waals surface area contributed by atoms with Gasteiger partial charge in [0.05, 0.1) is 30.3 Å². The van der Waals surface area contributed by atoms with E-state index >= 15 is 0 Å². The number of aromatic nitrogens is 1. The van der Waals surface area contributed by atoms with Crippen LogP contribution in [0.4, 0.5) is 5.69 Å². The first kappa shape index (κ1) is 22.2. The molecule has 3 N–H and O–H groups in total. The Hall–Kier alpha value is -3.98. The van der Waals surface area contributed by atoms with E-state index in [0.29, 0.717) is 33.8 Å². The molecule has 3 aromatic carbocycles. The van der Waals surface area contributed by atoms with Crippen molar-refractivity contribution < 1.29 is 22.7 Å². The number of ether oxygens (including phenoxy) is 2. The molecule has 4 aromatic rings. The predicted octanol–water partition coefficient (Wildman–Crippen LogP) is 3.92. The van der Waals surface area contributed by atoms with Gasteiger partial charge in [0.2, 0.25) is 0 Å². The fourth-order valence-corrected chi connectivity index (χ4v) is 4.51. The van der Waals surface area contributed by atoms with Crippen molar-refractivity contribution in [1.82, 2.24) is 10.3 Å². The Morgan fingerprint density at radius 1 is 0.939 bits per heavy atom. The minimum absolute atomic E-state index is 0.0987. The summed E-state index contributed by atoms with van der Waals surface area (Å²) in [6, 6.07) is 20.3. The number of amides is 1. The molecule has 4 rings (SSSR count). The van der Waals surface area contributed by atoms with E-state index in [0.717, 1.165) is 5.56 Å². The molecule has 0 atom stereocenters. The van der Waals surface area contributed by atoms with Crippen LogP contribution in [0.2, 0.25) is 0 Å². The minimum atomic E-state index is -3.83. The number of methoxy groups -OCH3 is 2. The highest BCUT2D eigenvalue weighted by Crippen LogP contribution is 2.27. The molecule has 0 unspecified atom stereocenters. The smallest absolute Gasteiger partial charge is 0.268 e. The van der Waals surface area contributed by atoms with Gasteiger partial charge in [0.1, 0.15) is 17.2 Å². The van der Waals surface area contributed by atoms with Gasteiger partial charge in [-0.25, -0.2) is 8.42 Å². The highest BCUT2D eigenvalue weighted by molar-refractivity contribution is 7.92. The third-order valence-electron chi connectivity index (χ3n) is 5.15. The van der Waals surface area contributed by atoms with Crippen LogP contribution >= 0.6 is 0 Å². The van der Waals surface area contributed by atoms with Crippen LogP contribution in [0.1, 0.15) is 16.1 Å². The van der Waals surface area contributed by atoms with Gasteiger partial charge in [-0.2, -0.15) is 0 Å². The molecule has 1 aromatic heterocycles. The summed E-state index contributed by atoms with van der Waals surface area (Å²) in [5.74, 6) is 0.926. The van der Waals surface area contributed by atoms with E-state index in [1.165, 1.54) is 19.2 Å². The Kier molecular flexibility index (Phi) is 6.23. The summed E-state index contributed by atoms with van der Waals surface area (Å²) in [5.41, 5.74) is 2.01. The Morgan fingerprint density at radius 3 is 2.42 bits per heavy atom. The second-order valence-corrected chi connectivity index (χ2v) is 8.91. The SMILES string of the molecule is COc1ccc(S(=O)(=O)Nc2cccc3cc(C(=O)NCc4ccccc4OC)[nH]c23)cc1. The average molecular weight is 466 g/mol. The second kappa shape index (κ2) is 9.25. The van der Waals surface area contributed by atoms with Gasteiger partial charge >= 0.3 is 0 Å².